The molecule has 0 bridgehead atoms. The van der Waals surface area contributed by atoms with Gasteiger partial charge in [-0.25, -0.2) is 9.97 Å². The Morgan fingerprint density at radius 1 is 1.05 bits per heavy atom. The van der Waals surface area contributed by atoms with E-state index >= 15 is 0 Å². The molecule has 9 nitrogen and oxygen atoms in total. The van der Waals surface area contributed by atoms with Crippen molar-refractivity contribution < 1.29 is 27.4 Å². The summed E-state index contributed by atoms with van der Waals surface area (Å²) in [5, 5.41) is 2.87. The zero-order valence-electron chi connectivity index (χ0n) is 23.2. The zero-order valence-corrected chi connectivity index (χ0v) is 23.2. The molecule has 216 valence electrons. The topological polar surface area (TPSA) is 98.6 Å². The van der Waals surface area contributed by atoms with E-state index in [1.807, 2.05) is 37.2 Å². The number of rotatable bonds is 9. The molecule has 0 aliphatic rings. The average molecular weight is 570 g/mol. The molecule has 0 saturated heterocycles. The molecule has 0 radical (unpaired) electrons. The van der Waals surface area contributed by atoms with E-state index in [4.69, 9.17) is 4.74 Å². The monoisotopic (exact) mass is 569 g/mol. The molecular formula is C29H30F3N5O4. The van der Waals surface area contributed by atoms with Gasteiger partial charge in [0, 0.05) is 29.9 Å². The minimum atomic E-state index is -4.91. The van der Waals surface area contributed by atoms with Crippen molar-refractivity contribution in [2.45, 2.75) is 39.3 Å². The molecule has 2 aromatic carbocycles. The van der Waals surface area contributed by atoms with Crippen molar-refractivity contribution >= 4 is 16.9 Å². The van der Waals surface area contributed by atoms with E-state index in [-0.39, 0.29) is 28.5 Å². The van der Waals surface area contributed by atoms with E-state index in [1.165, 1.54) is 12.1 Å². The van der Waals surface area contributed by atoms with Gasteiger partial charge < -0.3 is 19.7 Å². The van der Waals surface area contributed by atoms with E-state index in [0.29, 0.717) is 17.9 Å². The molecular weight excluding hydrogens is 539 g/mol. The number of methoxy groups -OCH3 is 1. The van der Waals surface area contributed by atoms with E-state index < -0.39 is 30.1 Å². The lowest BCUT2D eigenvalue weighted by Crippen LogP contribution is -2.37. The molecule has 4 rings (SSSR count). The number of halogens is 3. The smallest absolute Gasteiger partial charge is 0.497 e. The Balaban J connectivity index is 1.89. The first-order valence-electron chi connectivity index (χ1n) is 12.7. The molecule has 2 aromatic heterocycles. The molecule has 0 atom stereocenters. The molecule has 12 heteroatoms. The normalized spacial score (nSPS) is 11.8. The second-order valence-electron chi connectivity index (χ2n) is 10.0. The lowest BCUT2D eigenvalue weighted by atomic mass is 10.0. The maximum Gasteiger partial charge on any atom is 0.573 e. The molecule has 0 unspecified atom stereocenters. The Kier molecular flexibility index (Phi) is 8.62. The van der Waals surface area contributed by atoms with E-state index in [9.17, 15) is 22.8 Å². The summed E-state index contributed by atoms with van der Waals surface area (Å²) in [4.78, 5) is 37.5. The van der Waals surface area contributed by atoms with Crippen molar-refractivity contribution in [2.24, 2.45) is 0 Å². The van der Waals surface area contributed by atoms with Crippen molar-refractivity contribution in [3.63, 3.8) is 0 Å². The highest BCUT2D eigenvalue weighted by Gasteiger charge is 2.31. The number of alkyl halides is 3. The molecule has 0 saturated carbocycles. The van der Waals surface area contributed by atoms with Gasteiger partial charge in [-0.2, -0.15) is 0 Å². The average Bonchev–Trinajstić information content (AvgIpc) is 2.88. The lowest BCUT2D eigenvalue weighted by Gasteiger charge is -2.16. The van der Waals surface area contributed by atoms with Gasteiger partial charge in [-0.3, -0.25) is 14.2 Å². The van der Waals surface area contributed by atoms with Crippen LogP contribution >= 0.6 is 0 Å². The van der Waals surface area contributed by atoms with Crippen molar-refractivity contribution in [3.05, 3.63) is 70.6 Å². The summed E-state index contributed by atoms with van der Waals surface area (Å²) in [6.45, 7) is 3.79. The van der Waals surface area contributed by atoms with Gasteiger partial charge in [0.15, 0.2) is 5.65 Å². The third-order valence-electron chi connectivity index (χ3n) is 5.92. The Morgan fingerprint density at radius 2 is 1.78 bits per heavy atom. The summed E-state index contributed by atoms with van der Waals surface area (Å²) in [5.41, 5.74) is 2.03. The quantitative estimate of drug-likeness (QED) is 0.314. The maximum atomic E-state index is 13.8. The highest BCUT2D eigenvalue weighted by atomic mass is 19.4. The Bertz CT molecular complexity index is 1630. The summed E-state index contributed by atoms with van der Waals surface area (Å²) >= 11 is 0. The van der Waals surface area contributed by atoms with E-state index in [2.05, 4.69) is 20.0 Å². The Hall–Kier alpha value is -4.45. The van der Waals surface area contributed by atoms with Crippen LogP contribution in [0.3, 0.4) is 0 Å². The predicted octanol–water partition coefficient (Wildman–Crippen LogP) is 4.62. The van der Waals surface area contributed by atoms with Crippen LogP contribution in [-0.2, 0) is 17.9 Å². The number of amides is 1. The number of ether oxygens (including phenoxy) is 2. The van der Waals surface area contributed by atoms with E-state index in [0.717, 1.165) is 27.8 Å². The molecule has 0 fully saturated rings. The van der Waals surface area contributed by atoms with Gasteiger partial charge in [-0.1, -0.05) is 12.1 Å². The third kappa shape index (κ3) is 7.40. The summed E-state index contributed by atoms with van der Waals surface area (Å²) < 4.78 is 49.2. The van der Waals surface area contributed by atoms with Crippen LogP contribution in [0.4, 0.5) is 13.2 Å². The second-order valence-corrected chi connectivity index (χ2v) is 10.0. The molecule has 4 aromatic rings. The Morgan fingerprint density at radius 3 is 2.44 bits per heavy atom. The van der Waals surface area contributed by atoms with Gasteiger partial charge in [0.1, 0.15) is 23.9 Å². The van der Waals surface area contributed by atoms with Gasteiger partial charge in [0.05, 0.1) is 12.5 Å². The standard InChI is InChI=1S/C29H30F3N5O4/c1-17(2)34-25(38)16-37-27(19-7-6-8-22(11-19)41-29(30,31)32)35-26-24(28(37)39)13-21(14-33-26)20-9-18(15-36(3)4)10-23(12-20)40-5/h6-14,17H,15-16H2,1-5H3,(H,34,38). The molecule has 41 heavy (non-hydrogen) atoms. The number of fused-ring (bicyclic) bond motifs is 1. The van der Waals surface area contributed by atoms with Crippen LogP contribution in [0, 0.1) is 0 Å². The first kappa shape index (κ1) is 29.5. The first-order valence-corrected chi connectivity index (χ1v) is 12.7. The number of pyridine rings is 1. The number of nitrogens with one attached hydrogen (secondary N) is 1. The SMILES string of the molecule is COc1cc(CN(C)C)cc(-c2cnc3nc(-c4cccc(OC(F)(F)F)c4)n(CC(=O)NC(C)C)c(=O)c3c2)c1. The number of carbonyl (C=O) groups is 1. The fourth-order valence-electron chi connectivity index (χ4n) is 4.38. The maximum absolute atomic E-state index is 13.8. The van der Waals surface area contributed by atoms with Gasteiger partial charge in [-0.05, 0) is 75.5 Å². The fraction of sp³-hybridized carbons (Fsp3) is 0.310. The van der Waals surface area contributed by atoms with Crippen molar-refractivity contribution in [1.82, 2.24) is 24.8 Å². The molecule has 1 amide bonds. The minimum absolute atomic E-state index is 0.0241. The molecule has 1 N–H and O–H groups in total. The van der Waals surface area contributed by atoms with Gasteiger partial charge in [0.25, 0.3) is 5.56 Å². The number of nitrogens with zero attached hydrogens (tertiary/aromatic N) is 4. The number of benzene rings is 2. The minimum Gasteiger partial charge on any atom is -0.497 e. The number of hydrogen-bond acceptors (Lipinski definition) is 7. The highest BCUT2D eigenvalue weighted by molar-refractivity contribution is 5.83. The lowest BCUT2D eigenvalue weighted by molar-refractivity contribution is -0.274. The van der Waals surface area contributed by atoms with Crippen LogP contribution in [0.15, 0.2) is 59.5 Å². The molecule has 0 aliphatic heterocycles. The summed E-state index contributed by atoms with van der Waals surface area (Å²) in [5.74, 6) is -0.338. The van der Waals surface area contributed by atoms with Crippen LogP contribution in [0.1, 0.15) is 19.4 Å². The molecule has 0 spiro atoms. The predicted molar refractivity (Wildman–Crippen MR) is 149 cm³/mol. The number of carbonyl (C=O) groups excluding carboxylic acids is 1. The van der Waals surface area contributed by atoms with E-state index in [1.54, 1.807) is 33.2 Å². The van der Waals surface area contributed by atoms with Gasteiger partial charge >= 0.3 is 6.36 Å². The van der Waals surface area contributed by atoms with Crippen LogP contribution < -0.4 is 20.3 Å². The first-order chi connectivity index (χ1) is 19.3. The highest BCUT2D eigenvalue weighted by Crippen LogP contribution is 2.30. The molecule has 2 heterocycles. The van der Waals surface area contributed by atoms with Crippen LogP contribution in [0.25, 0.3) is 33.5 Å². The van der Waals surface area contributed by atoms with Crippen LogP contribution in [0.2, 0.25) is 0 Å². The largest absolute Gasteiger partial charge is 0.573 e. The summed E-state index contributed by atoms with van der Waals surface area (Å²) in [6.07, 6.45) is -3.34. The molecule has 0 aliphatic carbocycles. The van der Waals surface area contributed by atoms with Crippen molar-refractivity contribution in [3.8, 4) is 34.0 Å². The third-order valence-corrected chi connectivity index (χ3v) is 5.92. The van der Waals surface area contributed by atoms with Gasteiger partial charge in [0.2, 0.25) is 5.91 Å². The summed E-state index contributed by atoms with van der Waals surface area (Å²) in [7, 11) is 5.46. The second kappa shape index (κ2) is 12.0. The Labute approximate surface area is 234 Å². The van der Waals surface area contributed by atoms with Crippen LogP contribution in [-0.4, -0.2) is 59.0 Å². The van der Waals surface area contributed by atoms with Gasteiger partial charge in [-0.15, -0.1) is 13.2 Å². The van der Waals surface area contributed by atoms with Crippen molar-refractivity contribution in [2.75, 3.05) is 21.2 Å². The summed E-state index contributed by atoms with van der Waals surface area (Å²) in [6, 6.07) is 12.2. The fourth-order valence-corrected chi connectivity index (χ4v) is 4.38. The number of aromatic nitrogens is 3. The van der Waals surface area contributed by atoms with Crippen LogP contribution in [0.5, 0.6) is 11.5 Å². The number of hydrogen-bond donors (Lipinski definition) is 1. The van der Waals surface area contributed by atoms with Crippen molar-refractivity contribution in [1.29, 1.82) is 0 Å². The zero-order chi connectivity index (χ0) is 29.9.